The molecule has 1 amide bonds. The van der Waals surface area contributed by atoms with Crippen molar-refractivity contribution in [1.29, 1.82) is 0 Å². The molecule has 0 saturated carbocycles. The van der Waals surface area contributed by atoms with Gasteiger partial charge in [0.15, 0.2) is 0 Å². The number of hydrogen-bond donors (Lipinski definition) is 1. The summed E-state index contributed by atoms with van der Waals surface area (Å²) in [5, 5.41) is 10.9. The Morgan fingerprint density at radius 2 is 1.55 bits per heavy atom. The number of carbonyl (C=O) groups excluding carboxylic acids is 1. The van der Waals surface area contributed by atoms with E-state index in [0.717, 1.165) is 21.6 Å². The van der Waals surface area contributed by atoms with Gasteiger partial charge in [0.25, 0.3) is 0 Å². The van der Waals surface area contributed by atoms with Crippen LogP contribution in [0.25, 0.3) is 11.5 Å². The molecule has 0 saturated heterocycles. The van der Waals surface area contributed by atoms with Crippen LogP contribution in [0.1, 0.15) is 17.0 Å². The highest BCUT2D eigenvalue weighted by Gasteiger charge is 2.24. The molecule has 144 valence electrons. The summed E-state index contributed by atoms with van der Waals surface area (Å²) in [4.78, 5) is 14.2. The van der Waals surface area contributed by atoms with Gasteiger partial charge in [0.1, 0.15) is 0 Å². The number of nitrogens with zero attached hydrogens (tertiary/aromatic N) is 2. The normalized spacial score (nSPS) is 10.8. The minimum absolute atomic E-state index is 0.0800. The molecule has 0 aliphatic carbocycles. The first-order valence-corrected chi connectivity index (χ1v) is 10.4. The summed E-state index contributed by atoms with van der Waals surface area (Å²) in [6.07, 6.45) is 2.01. The third-order valence-electron chi connectivity index (χ3n) is 4.50. The predicted octanol–water partition coefficient (Wildman–Crippen LogP) is 5.23. The Morgan fingerprint density at radius 1 is 0.897 bits per heavy atom. The standard InChI is InChI=1S/C23H19N3O2S/c1-29-19-14-8-13-18(15-19)22-25-26-23(28-22)24-21(27)20(16-9-4-2-5-10-16)17-11-6-3-7-12-17/h2-15,20H,1H3,(H,24,26,27). The number of aromatic nitrogens is 2. The maximum absolute atomic E-state index is 13.1. The highest BCUT2D eigenvalue weighted by Crippen LogP contribution is 2.28. The van der Waals surface area contributed by atoms with Crippen LogP contribution < -0.4 is 5.32 Å². The van der Waals surface area contributed by atoms with E-state index in [0.29, 0.717) is 5.89 Å². The van der Waals surface area contributed by atoms with E-state index in [1.54, 1.807) is 11.8 Å². The lowest BCUT2D eigenvalue weighted by atomic mass is 9.90. The van der Waals surface area contributed by atoms with Crippen LogP contribution in [0.2, 0.25) is 0 Å². The Balaban J connectivity index is 1.59. The number of nitrogens with one attached hydrogen (secondary N) is 1. The zero-order valence-corrected chi connectivity index (χ0v) is 16.6. The van der Waals surface area contributed by atoms with E-state index in [1.165, 1.54) is 0 Å². The molecule has 0 bridgehead atoms. The molecule has 1 N–H and O–H groups in total. The van der Waals surface area contributed by atoms with Gasteiger partial charge < -0.3 is 4.42 Å². The van der Waals surface area contributed by atoms with E-state index >= 15 is 0 Å². The fraction of sp³-hybridized carbons (Fsp3) is 0.0870. The monoisotopic (exact) mass is 401 g/mol. The number of amides is 1. The van der Waals surface area contributed by atoms with Crippen molar-refractivity contribution in [3.63, 3.8) is 0 Å². The number of benzene rings is 3. The Labute approximate surface area is 173 Å². The highest BCUT2D eigenvalue weighted by molar-refractivity contribution is 7.98. The van der Waals surface area contributed by atoms with Gasteiger partial charge in [0.05, 0.1) is 5.92 Å². The van der Waals surface area contributed by atoms with Gasteiger partial charge in [-0.25, -0.2) is 0 Å². The van der Waals surface area contributed by atoms with Gasteiger partial charge in [-0.05, 0) is 35.6 Å². The lowest BCUT2D eigenvalue weighted by molar-refractivity contribution is -0.116. The van der Waals surface area contributed by atoms with Gasteiger partial charge in [-0.3, -0.25) is 10.1 Å². The quantitative estimate of drug-likeness (QED) is 0.448. The lowest BCUT2D eigenvalue weighted by Gasteiger charge is -2.16. The Morgan fingerprint density at radius 3 is 2.17 bits per heavy atom. The SMILES string of the molecule is CSc1cccc(-c2nnc(NC(=O)C(c3ccccc3)c3ccccc3)o2)c1. The molecule has 1 heterocycles. The van der Waals surface area contributed by atoms with Gasteiger partial charge in [0, 0.05) is 10.5 Å². The third-order valence-corrected chi connectivity index (χ3v) is 5.23. The number of anilines is 1. The first-order chi connectivity index (χ1) is 14.2. The van der Waals surface area contributed by atoms with Crippen LogP contribution in [-0.2, 0) is 4.79 Å². The average molecular weight is 401 g/mol. The van der Waals surface area contributed by atoms with E-state index in [1.807, 2.05) is 91.2 Å². The molecule has 5 nitrogen and oxygen atoms in total. The van der Waals surface area contributed by atoms with E-state index in [-0.39, 0.29) is 11.9 Å². The van der Waals surface area contributed by atoms with Crippen LogP contribution >= 0.6 is 11.8 Å². The molecule has 4 rings (SSSR count). The molecule has 0 radical (unpaired) electrons. The van der Waals surface area contributed by atoms with Crippen LogP contribution in [0.4, 0.5) is 6.01 Å². The van der Waals surface area contributed by atoms with E-state index in [4.69, 9.17) is 4.42 Å². The lowest BCUT2D eigenvalue weighted by Crippen LogP contribution is -2.22. The van der Waals surface area contributed by atoms with Crippen molar-refractivity contribution in [2.75, 3.05) is 11.6 Å². The van der Waals surface area contributed by atoms with Crippen molar-refractivity contribution in [3.05, 3.63) is 96.1 Å². The first-order valence-electron chi connectivity index (χ1n) is 9.13. The van der Waals surface area contributed by atoms with E-state index < -0.39 is 5.92 Å². The summed E-state index contributed by atoms with van der Waals surface area (Å²) in [5.41, 5.74) is 2.60. The van der Waals surface area contributed by atoms with E-state index in [9.17, 15) is 4.79 Å². The van der Waals surface area contributed by atoms with Crippen molar-refractivity contribution in [3.8, 4) is 11.5 Å². The molecule has 1 aromatic heterocycles. The van der Waals surface area contributed by atoms with Gasteiger partial charge in [0.2, 0.25) is 11.8 Å². The van der Waals surface area contributed by atoms with Gasteiger partial charge in [-0.15, -0.1) is 16.9 Å². The molecular weight excluding hydrogens is 382 g/mol. The number of rotatable bonds is 6. The second-order valence-corrected chi connectivity index (χ2v) is 7.27. The van der Waals surface area contributed by atoms with Crippen molar-refractivity contribution in [2.24, 2.45) is 0 Å². The zero-order valence-electron chi connectivity index (χ0n) is 15.8. The summed E-state index contributed by atoms with van der Waals surface area (Å²) >= 11 is 1.63. The first kappa shape index (κ1) is 19.0. The molecule has 0 aliphatic rings. The van der Waals surface area contributed by atoms with Crippen molar-refractivity contribution < 1.29 is 9.21 Å². The summed E-state index contributed by atoms with van der Waals surface area (Å²) in [5.74, 6) is -0.338. The molecular formula is C23H19N3O2S. The topological polar surface area (TPSA) is 68.0 Å². The molecule has 3 aromatic carbocycles. The molecule has 29 heavy (non-hydrogen) atoms. The molecule has 0 aliphatic heterocycles. The maximum atomic E-state index is 13.1. The number of thioether (sulfide) groups is 1. The second kappa shape index (κ2) is 8.75. The molecule has 0 spiro atoms. The van der Waals surface area contributed by atoms with Gasteiger partial charge in [-0.1, -0.05) is 71.8 Å². The van der Waals surface area contributed by atoms with Crippen molar-refractivity contribution >= 4 is 23.7 Å². The second-order valence-electron chi connectivity index (χ2n) is 6.39. The summed E-state index contributed by atoms with van der Waals surface area (Å²) in [6.45, 7) is 0. The fourth-order valence-electron chi connectivity index (χ4n) is 3.11. The van der Waals surface area contributed by atoms with Crippen LogP contribution in [0.15, 0.2) is 94.2 Å². The number of carbonyl (C=O) groups is 1. The van der Waals surface area contributed by atoms with E-state index in [2.05, 4.69) is 15.5 Å². The molecule has 0 unspecified atom stereocenters. The predicted molar refractivity (Wildman–Crippen MR) is 115 cm³/mol. The molecule has 0 atom stereocenters. The minimum Gasteiger partial charge on any atom is -0.403 e. The minimum atomic E-state index is -0.479. The van der Waals surface area contributed by atoms with Crippen LogP contribution in [-0.4, -0.2) is 22.4 Å². The average Bonchev–Trinajstić information content (AvgIpc) is 3.24. The van der Waals surface area contributed by atoms with Crippen LogP contribution in [0.5, 0.6) is 0 Å². The summed E-state index contributed by atoms with van der Waals surface area (Å²) in [6, 6.07) is 27.2. The van der Waals surface area contributed by atoms with Crippen LogP contribution in [0, 0.1) is 0 Å². The molecule has 6 heteroatoms. The van der Waals surface area contributed by atoms with Crippen LogP contribution in [0.3, 0.4) is 0 Å². The fourth-order valence-corrected chi connectivity index (χ4v) is 3.57. The largest absolute Gasteiger partial charge is 0.403 e. The van der Waals surface area contributed by atoms with Gasteiger partial charge >= 0.3 is 6.01 Å². The highest BCUT2D eigenvalue weighted by atomic mass is 32.2. The molecule has 0 fully saturated rings. The maximum Gasteiger partial charge on any atom is 0.322 e. The Kier molecular flexibility index (Phi) is 5.72. The zero-order chi connectivity index (χ0) is 20.1. The van der Waals surface area contributed by atoms with Crippen molar-refractivity contribution in [1.82, 2.24) is 10.2 Å². The summed E-state index contributed by atoms with van der Waals surface area (Å²) < 4.78 is 5.70. The Hall–Kier alpha value is -3.38. The number of hydrogen-bond acceptors (Lipinski definition) is 5. The molecule has 4 aromatic rings. The van der Waals surface area contributed by atoms with Gasteiger partial charge in [-0.2, -0.15) is 0 Å². The Bertz CT molecular complexity index is 1060. The third kappa shape index (κ3) is 4.38. The summed E-state index contributed by atoms with van der Waals surface area (Å²) in [7, 11) is 0. The smallest absolute Gasteiger partial charge is 0.322 e. The van der Waals surface area contributed by atoms with Crippen molar-refractivity contribution in [2.45, 2.75) is 10.8 Å².